The van der Waals surface area contributed by atoms with Gasteiger partial charge in [0.1, 0.15) is 0 Å². The van der Waals surface area contributed by atoms with Crippen molar-refractivity contribution in [3.05, 3.63) is 35.5 Å². The van der Waals surface area contributed by atoms with Crippen LogP contribution in [0.2, 0.25) is 0 Å². The first-order valence-electron chi connectivity index (χ1n) is 6.69. The molecule has 0 spiro atoms. The molecule has 2 heterocycles. The van der Waals surface area contributed by atoms with Crippen LogP contribution in [-0.4, -0.2) is 40.9 Å². The molecule has 0 fully saturated rings. The molecule has 4 heteroatoms. The third kappa shape index (κ3) is 1.49. The normalized spacial score (nSPS) is 25.4. The van der Waals surface area contributed by atoms with Crippen molar-refractivity contribution in [2.24, 2.45) is 4.99 Å². The Morgan fingerprint density at radius 1 is 1.42 bits per heavy atom. The molecule has 1 aliphatic heterocycles. The first kappa shape index (κ1) is 11.4. The van der Waals surface area contributed by atoms with E-state index in [2.05, 4.69) is 47.6 Å². The lowest BCUT2D eigenvalue weighted by atomic mass is 9.79. The molecule has 3 nitrogen and oxygen atoms in total. The van der Waals surface area contributed by atoms with Crippen LogP contribution in [0.3, 0.4) is 0 Å². The first-order chi connectivity index (χ1) is 9.29. The number of aromatic amines is 1. The Labute approximate surface area is 117 Å². The van der Waals surface area contributed by atoms with Crippen molar-refractivity contribution in [2.45, 2.75) is 18.4 Å². The number of likely N-dealkylation sites (N-methyl/N-ethyl adjacent to an activating group) is 1. The molecule has 0 saturated carbocycles. The van der Waals surface area contributed by atoms with Gasteiger partial charge in [0.05, 0.1) is 6.54 Å². The summed E-state index contributed by atoms with van der Waals surface area (Å²) in [7, 11) is 2.18. The monoisotopic (exact) mass is 271 g/mol. The van der Waals surface area contributed by atoms with Gasteiger partial charge in [0.2, 0.25) is 0 Å². The number of rotatable bonds is 0. The standard InChI is InChI=1S/C15H17N3S/c1-18-13-6-9-7-16-12-5-3-4-10(14(9)12)11(13)8-17-15(18)19-2/h3-5,7,11,13,16H,6,8H2,1-2H3/t11-,13-/m1/s1. The highest BCUT2D eigenvalue weighted by Crippen LogP contribution is 2.40. The predicted molar refractivity (Wildman–Crippen MR) is 82.1 cm³/mol. The largest absolute Gasteiger partial charge is 0.361 e. The van der Waals surface area contributed by atoms with Crippen molar-refractivity contribution >= 4 is 27.8 Å². The third-order valence-corrected chi connectivity index (χ3v) is 5.30. The maximum atomic E-state index is 4.75. The number of H-pyrrole nitrogens is 1. The summed E-state index contributed by atoms with van der Waals surface area (Å²) in [5, 5.41) is 2.62. The van der Waals surface area contributed by atoms with Crippen LogP contribution in [0.25, 0.3) is 10.9 Å². The zero-order chi connectivity index (χ0) is 13.0. The summed E-state index contributed by atoms with van der Waals surface area (Å²) in [4.78, 5) is 10.5. The summed E-state index contributed by atoms with van der Waals surface area (Å²) in [6.07, 6.45) is 5.42. The Balaban J connectivity index is 1.89. The van der Waals surface area contributed by atoms with Crippen LogP contribution in [0.4, 0.5) is 0 Å². The van der Waals surface area contributed by atoms with E-state index in [-0.39, 0.29) is 0 Å². The lowest BCUT2D eigenvalue weighted by Crippen LogP contribution is -2.46. The average molecular weight is 271 g/mol. The average Bonchev–Trinajstić information content (AvgIpc) is 2.85. The van der Waals surface area contributed by atoms with E-state index in [4.69, 9.17) is 4.99 Å². The van der Waals surface area contributed by atoms with Gasteiger partial charge in [-0.3, -0.25) is 4.99 Å². The van der Waals surface area contributed by atoms with Gasteiger partial charge < -0.3 is 9.88 Å². The maximum absolute atomic E-state index is 4.75. The minimum Gasteiger partial charge on any atom is -0.361 e. The minimum absolute atomic E-state index is 0.535. The van der Waals surface area contributed by atoms with E-state index in [9.17, 15) is 0 Å². The second kappa shape index (κ2) is 4.04. The highest BCUT2D eigenvalue weighted by molar-refractivity contribution is 8.13. The number of thioether (sulfide) groups is 1. The Bertz CT molecular complexity index is 673. The van der Waals surface area contributed by atoms with Crippen LogP contribution in [0.1, 0.15) is 17.0 Å². The van der Waals surface area contributed by atoms with E-state index in [1.54, 1.807) is 11.8 Å². The van der Waals surface area contributed by atoms with Gasteiger partial charge in [0.15, 0.2) is 5.17 Å². The first-order valence-corrected chi connectivity index (χ1v) is 7.92. The summed E-state index contributed by atoms with van der Waals surface area (Å²) in [5.74, 6) is 0.535. The smallest absolute Gasteiger partial charge is 0.158 e. The van der Waals surface area contributed by atoms with E-state index < -0.39 is 0 Å². The van der Waals surface area contributed by atoms with Crippen LogP contribution in [0.15, 0.2) is 29.4 Å². The Kier molecular flexibility index (Phi) is 2.42. The molecule has 98 valence electrons. The zero-order valence-electron chi connectivity index (χ0n) is 11.2. The number of benzene rings is 1. The molecule has 19 heavy (non-hydrogen) atoms. The van der Waals surface area contributed by atoms with Crippen molar-refractivity contribution in [3.8, 4) is 0 Å². The molecule has 2 aromatic rings. The van der Waals surface area contributed by atoms with Crippen LogP contribution < -0.4 is 0 Å². The summed E-state index contributed by atoms with van der Waals surface area (Å²) in [6, 6.07) is 7.16. The van der Waals surface area contributed by atoms with E-state index in [1.165, 1.54) is 27.2 Å². The van der Waals surface area contributed by atoms with Gasteiger partial charge in [0.25, 0.3) is 0 Å². The van der Waals surface area contributed by atoms with E-state index in [0.717, 1.165) is 13.0 Å². The number of hydrogen-bond donors (Lipinski definition) is 1. The van der Waals surface area contributed by atoms with E-state index >= 15 is 0 Å². The van der Waals surface area contributed by atoms with Crippen molar-refractivity contribution in [3.63, 3.8) is 0 Å². The number of aliphatic imine (C=N–C) groups is 1. The molecule has 1 aliphatic carbocycles. The molecular formula is C15H17N3S. The highest BCUT2D eigenvalue weighted by atomic mass is 32.2. The fourth-order valence-electron chi connectivity index (χ4n) is 3.60. The molecule has 0 amide bonds. The predicted octanol–water partition coefficient (Wildman–Crippen LogP) is 2.84. The molecule has 1 N–H and O–H groups in total. The Morgan fingerprint density at radius 2 is 2.32 bits per heavy atom. The minimum atomic E-state index is 0.535. The van der Waals surface area contributed by atoms with Crippen LogP contribution in [-0.2, 0) is 6.42 Å². The third-order valence-electron chi connectivity index (χ3n) is 4.52. The van der Waals surface area contributed by atoms with Gasteiger partial charge >= 0.3 is 0 Å². The van der Waals surface area contributed by atoms with Crippen LogP contribution >= 0.6 is 11.8 Å². The molecule has 2 atom stereocenters. The number of hydrogen-bond acceptors (Lipinski definition) is 3. The van der Waals surface area contributed by atoms with Crippen LogP contribution in [0.5, 0.6) is 0 Å². The molecule has 0 unspecified atom stereocenters. The van der Waals surface area contributed by atoms with Crippen LogP contribution in [0, 0.1) is 0 Å². The Hall–Kier alpha value is -1.42. The van der Waals surface area contributed by atoms with Gasteiger partial charge in [-0.05, 0) is 29.9 Å². The SMILES string of the molecule is CSC1=NC[C@@H]2c3cccc4[nH]cc(c34)C[C@H]2N1C. The number of aromatic nitrogens is 1. The van der Waals surface area contributed by atoms with Gasteiger partial charge in [-0.25, -0.2) is 0 Å². The van der Waals surface area contributed by atoms with Gasteiger partial charge in [-0.2, -0.15) is 0 Å². The van der Waals surface area contributed by atoms with Crippen molar-refractivity contribution in [1.29, 1.82) is 0 Å². The molecule has 2 aliphatic rings. The van der Waals surface area contributed by atoms with E-state index in [0.29, 0.717) is 12.0 Å². The zero-order valence-corrected chi connectivity index (χ0v) is 12.0. The van der Waals surface area contributed by atoms with Gasteiger partial charge in [-0.15, -0.1) is 0 Å². The topological polar surface area (TPSA) is 31.4 Å². The number of nitrogens with one attached hydrogen (secondary N) is 1. The second-order valence-corrected chi connectivity index (χ2v) is 6.17. The molecule has 0 bridgehead atoms. The number of nitrogens with zero attached hydrogens (tertiary/aromatic N) is 2. The fraction of sp³-hybridized carbons (Fsp3) is 0.400. The van der Waals surface area contributed by atoms with Crippen molar-refractivity contribution in [2.75, 3.05) is 19.8 Å². The summed E-state index contributed by atoms with van der Waals surface area (Å²) >= 11 is 1.75. The van der Waals surface area contributed by atoms with E-state index in [1.807, 2.05) is 0 Å². The molecule has 0 saturated heterocycles. The molecule has 1 aromatic heterocycles. The maximum Gasteiger partial charge on any atom is 0.158 e. The number of fused-ring (bicyclic) bond motifs is 2. The summed E-state index contributed by atoms with van der Waals surface area (Å²) in [6.45, 7) is 0.926. The molecule has 4 rings (SSSR count). The molecule has 0 radical (unpaired) electrons. The second-order valence-electron chi connectivity index (χ2n) is 5.40. The highest BCUT2D eigenvalue weighted by Gasteiger charge is 2.37. The summed E-state index contributed by atoms with van der Waals surface area (Å²) < 4.78 is 0. The Morgan fingerprint density at radius 3 is 3.16 bits per heavy atom. The number of amidine groups is 1. The summed E-state index contributed by atoms with van der Waals surface area (Å²) in [5.41, 5.74) is 4.20. The lowest BCUT2D eigenvalue weighted by molar-refractivity contribution is 0.296. The quantitative estimate of drug-likeness (QED) is 0.799. The van der Waals surface area contributed by atoms with Gasteiger partial charge in [0, 0.05) is 36.1 Å². The molecule has 1 aromatic carbocycles. The van der Waals surface area contributed by atoms with Gasteiger partial charge in [-0.1, -0.05) is 23.9 Å². The lowest BCUT2D eigenvalue weighted by Gasteiger charge is -2.41. The van der Waals surface area contributed by atoms with Crippen molar-refractivity contribution < 1.29 is 0 Å². The fourth-order valence-corrected chi connectivity index (χ4v) is 4.22. The van der Waals surface area contributed by atoms with Crippen molar-refractivity contribution in [1.82, 2.24) is 9.88 Å². The molecular weight excluding hydrogens is 254 g/mol.